The van der Waals surface area contributed by atoms with Crippen LogP contribution in [-0.2, 0) is 14.6 Å². The standard InChI is InChI=1S/C25H22N2O7S/c1-3-34-21-13-11-19(12-14-21)26-24(28)23(16-17-7-4-5-10-22(17)33-2)35(31,32)25(26)18-8-6-9-20(15-18)27(29)30/h4-16,25H,3H2,1-2H3/b23-16+/t25-/m0/s1. The summed E-state index contributed by atoms with van der Waals surface area (Å²) < 4.78 is 38.3. The molecule has 35 heavy (non-hydrogen) atoms. The van der Waals surface area contributed by atoms with Gasteiger partial charge in [-0.1, -0.05) is 30.3 Å². The highest BCUT2D eigenvalue weighted by Gasteiger charge is 2.50. The van der Waals surface area contributed by atoms with Crippen molar-refractivity contribution in [3.63, 3.8) is 0 Å². The number of non-ortho nitro benzene ring substituents is 1. The molecule has 3 aromatic carbocycles. The Kier molecular flexibility index (Phi) is 6.57. The fraction of sp³-hybridized carbons (Fsp3) is 0.160. The van der Waals surface area contributed by atoms with Crippen LogP contribution in [0, 0.1) is 10.1 Å². The molecule has 10 heteroatoms. The van der Waals surface area contributed by atoms with E-state index in [4.69, 9.17) is 9.47 Å². The number of hydrogen-bond donors (Lipinski definition) is 0. The molecule has 4 rings (SSSR count). The average Bonchev–Trinajstić information content (AvgIpc) is 3.05. The summed E-state index contributed by atoms with van der Waals surface area (Å²) in [4.78, 5) is 25.0. The lowest BCUT2D eigenvalue weighted by Gasteiger charge is -2.23. The molecule has 180 valence electrons. The predicted octanol–water partition coefficient (Wildman–Crippen LogP) is 4.50. The Balaban J connectivity index is 1.91. The van der Waals surface area contributed by atoms with Gasteiger partial charge in [-0.25, -0.2) is 8.42 Å². The number of sulfone groups is 1. The molecule has 1 fully saturated rings. The van der Waals surface area contributed by atoms with E-state index in [0.717, 1.165) is 4.90 Å². The third kappa shape index (κ3) is 4.47. The number of carbonyl (C=O) groups is 1. The van der Waals surface area contributed by atoms with Crippen LogP contribution in [-0.4, -0.2) is 33.0 Å². The average molecular weight is 495 g/mol. The topological polar surface area (TPSA) is 116 Å². The Morgan fingerprint density at radius 1 is 1.06 bits per heavy atom. The smallest absolute Gasteiger partial charge is 0.271 e. The number of amides is 1. The zero-order valence-electron chi connectivity index (χ0n) is 19.0. The first-order chi connectivity index (χ1) is 16.8. The van der Waals surface area contributed by atoms with Gasteiger partial charge in [0.25, 0.3) is 11.6 Å². The molecule has 0 aromatic heterocycles. The molecular formula is C25H22N2O7S. The van der Waals surface area contributed by atoms with E-state index in [1.165, 1.54) is 37.5 Å². The SMILES string of the molecule is CCOc1ccc(N2C(=O)/C(=C\c3ccccc3OC)S(=O)(=O)[C@H]2c2cccc([N+](=O)[O-])c2)cc1. The Morgan fingerprint density at radius 2 is 1.77 bits per heavy atom. The van der Waals surface area contributed by atoms with Crippen molar-refractivity contribution >= 4 is 33.2 Å². The van der Waals surface area contributed by atoms with E-state index < -0.39 is 30.9 Å². The summed E-state index contributed by atoms with van der Waals surface area (Å²) in [5.74, 6) is 0.202. The first-order valence-corrected chi connectivity index (χ1v) is 12.2. The van der Waals surface area contributed by atoms with Gasteiger partial charge in [0.05, 0.1) is 18.6 Å². The lowest BCUT2D eigenvalue weighted by atomic mass is 10.1. The number of methoxy groups -OCH3 is 1. The van der Waals surface area contributed by atoms with Crippen LogP contribution in [0.15, 0.2) is 77.7 Å². The van der Waals surface area contributed by atoms with Gasteiger partial charge in [-0.05, 0) is 48.9 Å². The fourth-order valence-electron chi connectivity index (χ4n) is 3.92. The van der Waals surface area contributed by atoms with E-state index in [9.17, 15) is 23.3 Å². The van der Waals surface area contributed by atoms with Gasteiger partial charge < -0.3 is 9.47 Å². The van der Waals surface area contributed by atoms with Crippen molar-refractivity contribution in [1.82, 2.24) is 0 Å². The van der Waals surface area contributed by atoms with Gasteiger partial charge in [0, 0.05) is 23.4 Å². The second kappa shape index (κ2) is 9.59. The molecule has 0 N–H and O–H groups in total. The molecule has 0 aliphatic carbocycles. The zero-order valence-corrected chi connectivity index (χ0v) is 19.8. The van der Waals surface area contributed by atoms with Crippen LogP contribution in [0.3, 0.4) is 0 Å². The Hall–Kier alpha value is -4.18. The monoisotopic (exact) mass is 494 g/mol. The highest BCUT2D eigenvalue weighted by Crippen LogP contribution is 2.44. The van der Waals surface area contributed by atoms with Crippen LogP contribution in [0.2, 0.25) is 0 Å². The quantitative estimate of drug-likeness (QED) is 0.270. The minimum Gasteiger partial charge on any atom is -0.496 e. The second-order valence-electron chi connectivity index (χ2n) is 7.60. The van der Waals surface area contributed by atoms with E-state index in [-0.39, 0.29) is 11.3 Å². The van der Waals surface area contributed by atoms with E-state index in [2.05, 4.69) is 0 Å². The number of nitro benzene ring substituents is 1. The third-order valence-corrected chi connectivity index (χ3v) is 7.46. The van der Waals surface area contributed by atoms with E-state index in [1.54, 1.807) is 48.5 Å². The van der Waals surface area contributed by atoms with Crippen molar-refractivity contribution in [3.8, 4) is 11.5 Å². The number of para-hydroxylation sites is 1. The van der Waals surface area contributed by atoms with Gasteiger partial charge in [0.1, 0.15) is 16.4 Å². The molecular weight excluding hydrogens is 472 g/mol. The normalized spacial score (nSPS) is 18.0. The fourth-order valence-corrected chi connectivity index (χ4v) is 5.79. The molecule has 0 unspecified atom stereocenters. The van der Waals surface area contributed by atoms with Crippen LogP contribution in [0.4, 0.5) is 11.4 Å². The van der Waals surface area contributed by atoms with Gasteiger partial charge in [0.15, 0.2) is 5.37 Å². The van der Waals surface area contributed by atoms with Crippen molar-refractivity contribution in [3.05, 3.63) is 98.9 Å². The molecule has 1 heterocycles. The van der Waals surface area contributed by atoms with Gasteiger partial charge in [-0.15, -0.1) is 0 Å². The van der Waals surface area contributed by atoms with Crippen LogP contribution in [0.25, 0.3) is 6.08 Å². The molecule has 9 nitrogen and oxygen atoms in total. The number of benzene rings is 3. The maximum atomic E-state index is 13.8. The second-order valence-corrected chi connectivity index (χ2v) is 9.58. The molecule has 0 radical (unpaired) electrons. The van der Waals surface area contributed by atoms with Crippen molar-refractivity contribution in [2.45, 2.75) is 12.3 Å². The maximum Gasteiger partial charge on any atom is 0.271 e. The van der Waals surface area contributed by atoms with E-state index in [1.807, 2.05) is 6.92 Å². The number of ether oxygens (including phenoxy) is 2. The Labute approximate surface area is 202 Å². The minimum absolute atomic E-state index is 0.102. The lowest BCUT2D eigenvalue weighted by Crippen LogP contribution is -2.29. The van der Waals surface area contributed by atoms with Crippen LogP contribution >= 0.6 is 0 Å². The first kappa shape index (κ1) is 24.0. The number of carbonyl (C=O) groups excluding carboxylic acids is 1. The lowest BCUT2D eigenvalue weighted by molar-refractivity contribution is -0.384. The third-order valence-electron chi connectivity index (χ3n) is 5.48. The largest absolute Gasteiger partial charge is 0.496 e. The summed E-state index contributed by atoms with van der Waals surface area (Å²) in [6, 6.07) is 18.4. The van der Waals surface area contributed by atoms with Crippen molar-refractivity contribution in [1.29, 1.82) is 0 Å². The molecule has 0 saturated carbocycles. The summed E-state index contributed by atoms with van der Waals surface area (Å²) in [5.41, 5.74) is 0.541. The zero-order chi connectivity index (χ0) is 25.2. The van der Waals surface area contributed by atoms with Crippen LogP contribution in [0.5, 0.6) is 11.5 Å². The first-order valence-electron chi connectivity index (χ1n) is 10.7. The highest BCUT2D eigenvalue weighted by atomic mass is 32.2. The number of rotatable bonds is 7. The van der Waals surface area contributed by atoms with Crippen molar-refractivity contribution in [2.75, 3.05) is 18.6 Å². The molecule has 1 aliphatic heterocycles. The molecule has 0 spiro atoms. The molecule has 3 aromatic rings. The summed E-state index contributed by atoms with van der Waals surface area (Å²) in [6.07, 6.45) is 1.27. The van der Waals surface area contributed by atoms with Crippen LogP contribution < -0.4 is 14.4 Å². The summed E-state index contributed by atoms with van der Waals surface area (Å²) in [7, 11) is -2.84. The molecule has 0 bridgehead atoms. The molecule has 1 amide bonds. The predicted molar refractivity (Wildman–Crippen MR) is 131 cm³/mol. The Morgan fingerprint density at radius 3 is 2.43 bits per heavy atom. The summed E-state index contributed by atoms with van der Waals surface area (Å²) in [6.45, 7) is 2.27. The summed E-state index contributed by atoms with van der Waals surface area (Å²) in [5, 5.41) is 9.86. The number of nitrogens with zero attached hydrogens (tertiary/aromatic N) is 2. The van der Waals surface area contributed by atoms with Crippen LogP contribution in [0.1, 0.15) is 23.4 Å². The Bertz CT molecular complexity index is 1420. The maximum absolute atomic E-state index is 13.8. The van der Waals surface area contributed by atoms with Crippen molar-refractivity contribution < 1.29 is 27.6 Å². The van der Waals surface area contributed by atoms with Gasteiger partial charge >= 0.3 is 0 Å². The molecule has 1 atom stereocenters. The van der Waals surface area contributed by atoms with Gasteiger partial charge in [-0.2, -0.15) is 0 Å². The van der Waals surface area contributed by atoms with Gasteiger partial charge in [0.2, 0.25) is 9.84 Å². The number of hydrogen-bond acceptors (Lipinski definition) is 7. The molecule has 1 saturated heterocycles. The highest BCUT2D eigenvalue weighted by molar-refractivity contribution is 7.97. The molecule has 1 aliphatic rings. The van der Waals surface area contributed by atoms with E-state index in [0.29, 0.717) is 29.4 Å². The number of nitro groups is 1. The number of anilines is 1. The summed E-state index contributed by atoms with van der Waals surface area (Å²) >= 11 is 0. The van der Waals surface area contributed by atoms with E-state index >= 15 is 0 Å². The van der Waals surface area contributed by atoms with Crippen molar-refractivity contribution in [2.24, 2.45) is 0 Å². The van der Waals surface area contributed by atoms with Gasteiger partial charge in [-0.3, -0.25) is 19.8 Å². The minimum atomic E-state index is -4.29.